The van der Waals surface area contributed by atoms with Crippen LogP contribution in [0.4, 0.5) is 0 Å². The number of amides is 3. The average molecular weight is 569 g/mol. The number of rotatable bonds is 4. The van der Waals surface area contributed by atoms with Crippen LogP contribution in [0.3, 0.4) is 0 Å². The largest absolute Gasteiger partial charge is 0.370 e. The van der Waals surface area contributed by atoms with Crippen LogP contribution < -0.4 is 22.1 Å². The van der Waals surface area contributed by atoms with Crippen molar-refractivity contribution in [3.63, 3.8) is 0 Å². The van der Waals surface area contributed by atoms with Crippen molar-refractivity contribution in [3.05, 3.63) is 34.9 Å². The van der Waals surface area contributed by atoms with Crippen molar-refractivity contribution < 1.29 is 24.6 Å². The maximum Gasteiger partial charge on any atom is 0.251 e. The van der Waals surface area contributed by atoms with E-state index in [2.05, 4.69) is 68.2 Å². The number of nitrogens with two attached hydrogens (primary N) is 2. The molecule has 1 aromatic carbocycles. The zero-order valence-electron chi connectivity index (χ0n) is 24.4. The van der Waals surface area contributed by atoms with Crippen LogP contribution in [0.2, 0.25) is 0 Å². The number of nitrogens with zero attached hydrogens (tertiary/aromatic N) is 4. The molecule has 0 radical (unpaired) electrons. The number of imide groups is 1. The molecule has 8 N–H and O–H groups in total. The number of aliphatic hydroxyl groups is 2. The van der Waals surface area contributed by atoms with Crippen molar-refractivity contribution >= 4 is 29.6 Å². The fourth-order valence-corrected chi connectivity index (χ4v) is 6.12. The predicted octanol–water partition coefficient (Wildman–Crippen LogP) is -0.795. The van der Waals surface area contributed by atoms with Gasteiger partial charge >= 0.3 is 0 Å². The number of hydrogen-bond acceptors (Lipinski definition) is 11. The average Bonchev–Trinajstić information content (AvgIpc) is 3.45. The van der Waals surface area contributed by atoms with Crippen LogP contribution in [0.1, 0.15) is 75.9 Å². The molecule has 0 saturated carbocycles. The van der Waals surface area contributed by atoms with E-state index in [1.54, 1.807) is 0 Å². The first-order valence-corrected chi connectivity index (χ1v) is 13.8. The van der Waals surface area contributed by atoms with Crippen LogP contribution >= 0.6 is 0 Å². The van der Waals surface area contributed by atoms with Crippen molar-refractivity contribution in [1.29, 1.82) is 0 Å². The second-order valence-electron chi connectivity index (χ2n) is 13.5. The van der Waals surface area contributed by atoms with Gasteiger partial charge in [-0.2, -0.15) is 0 Å². The lowest BCUT2D eigenvalue weighted by Crippen LogP contribution is -2.78. The normalized spacial score (nSPS) is 29.1. The second-order valence-corrected chi connectivity index (χ2v) is 13.5. The summed E-state index contributed by atoms with van der Waals surface area (Å²) >= 11 is 0. The molecule has 3 amide bonds. The van der Waals surface area contributed by atoms with Crippen LogP contribution in [0.15, 0.2) is 28.2 Å². The van der Waals surface area contributed by atoms with Gasteiger partial charge in [0.1, 0.15) is 12.1 Å². The summed E-state index contributed by atoms with van der Waals surface area (Å²) in [5, 5.41) is 29.2. The van der Waals surface area contributed by atoms with Gasteiger partial charge in [-0.15, -0.1) is 0 Å². The lowest BCUT2D eigenvalue weighted by Gasteiger charge is -2.49. The molecule has 4 aliphatic heterocycles. The van der Waals surface area contributed by atoms with Crippen LogP contribution in [-0.4, -0.2) is 92.3 Å². The smallest absolute Gasteiger partial charge is 0.251 e. The van der Waals surface area contributed by atoms with Crippen molar-refractivity contribution in [2.45, 2.75) is 94.8 Å². The third-order valence-electron chi connectivity index (χ3n) is 8.56. The highest BCUT2D eigenvalue weighted by Crippen LogP contribution is 2.45. The van der Waals surface area contributed by atoms with E-state index in [-0.39, 0.29) is 60.5 Å². The Morgan fingerprint density at radius 3 is 2.12 bits per heavy atom. The predicted molar refractivity (Wildman–Crippen MR) is 152 cm³/mol. The number of likely N-dealkylation sites (tertiary alicyclic amines) is 1. The Morgan fingerprint density at radius 2 is 1.59 bits per heavy atom. The Bertz CT molecular complexity index is 1330. The third-order valence-corrected chi connectivity index (χ3v) is 8.56. The van der Waals surface area contributed by atoms with Crippen molar-refractivity contribution in [1.82, 2.24) is 20.4 Å². The molecule has 41 heavy (non-hydrogen) atoms. The van der Waals surface area contributed by atoms with E-state index in [9.17, 15) is 24.6 Å². The first-order chi connectivity index (χ1) is 18.9. The lowest BCUT2D eigenvalue weighted by molar-refractivity contribution is -0.230. The molecular weight excluding hydrogens is 528 g/mol. The molecule has 3 unspecified atom stereocenters. The molecule has 4 heterocycles. The molecular formula is C28H40N8O5. The van der Waals surface area contributed by atoms with E-state index in [0.717, 1.165) is 16.0 Å². The summed E-state index contributed by atoms with van der Waals surface area (Å²) in [5.74, 6) is -3.95. The Labute approximate surface area is 239 Å². The Morgan fingerprint density at radius 1 is 1.02 bits per heavy atom. The number of nitrogens with one attached hydrogen (secondary N) is 2. The van der Waals surface area contributed by atoms with Crippen molar-refractivity contribution in [2.75, 3.05) is 13.1 Å². The highest BCUT2D eigenvalue weighted by molar-refractivity contribution is 6.02. The number of guanidine groups is 2. The molecule has 1 aromatic rings. The van der Waals surface area contributed by atoms with Gasteiger partial charge < -0.3 is 37.2 Å². The molecule has 2 saturated heterocycles. The van der Waals surface area contributed by atoms with Crippen LogP contribution in [0.5, 0.6) is 0 Å². The lowest BCUT2D eigenvalue weighted by atomic mass is 9.79. The summed E-state index contributed by atoms with van der Waals surface area (Å²) in [4.78, 5) is 49.7. The minimum Gasteiger partial charge on any atom is -0.370 e. The summed E-state index contributed by atoms with van der Waals surface area (Å²) in [5.41, 5.74) is 12.5. The minimum absolute atomic E-state index is 0.0586. The van der Waals surface area contributed by atoms with Gasteiger partial charge in [0.05, 0.1) is 12.6 Å². The van der Waals surface area contributed by atoms with E-state index in [4.69, 9.17) is 11.5 Å². The summed E-state index contributed by atoms with van der Waals surface area (Å²) in [6, 6.07) is 2.57. The molecule has 1 spiro atoms. The number of hydrogen-bond donors (Lipinski definition) is 6. The molecule has 13 nitrogen and oxygen atoms in total. The number of aliphatic imine (C=N–C) groups is 2. The quantitative estimate of drug-likeness (QED) is 0.199. The van der Waals surface area contributed by atoms with E-state index in [0.29, 0.717) is 5.56 Å². The molecule has 4 atom stereocenters. The fourth-order valence-electron chi connectivity index (χ4n) is 6.12. The molecule has 222 valence electrons. The summed E-state index contributed by atoms with van der Waals surface area (Å²) in [7, 11) is 0. The first kappa shape index (κ1) is 28.8. The topological polar surface area (TPSA) is 199 Å². The van der Waals surface area contributed by atoms with Gasteiger partial charge in [-0.25, -0.2) is 9.98 Å². The van der Waals surface area contributed by atoms with Gasteiger partial charge in [-0.3, -0.25) is 19.3 Å². The summed E-state index contributed by atoms with van der Waals surface area (Å²) < 4.78 is 0. The monoisotopic (exact) mass is 568 g/mol. The van der Waals surface area contributed by atoms with Gasteiger partial charge in [0.2, 0.25) is 17.6 Å². The first-order valence-electron chi connectivity index (χ1n) is 13.8. The SMILES string of the molecule is CC(C)(C)c1cc(C(=O)NC2CN3C(N)=N[C@@H](CN4C(=O)CCC4=O)C4N=C(N)NC43C2(O)O)cc(C(C)(C)C)c1. The van der Waals surface area contributed by atoms with Gasteiger partial charge in [0, 0.05) is 24.9 Å². The molecule has 0 aliphatic carbocycles. The molecule has 0 bridgehead atoms. The standard InChI is InChI=1S/C28H40N8O5/c1-25(2,3)15-9-14(10-16(11-15)26(4,5)6)22(39)32-18-13-36-24(30)31-17(12-35-19(37)7-8-20(35)38)21-27(36,28(18,40)41)34-23(29)33-21/h9-11,17-18,21,40-41H,7-8,12-13H2,1-6H3,(H2,30,31)(H,32,39)(H3,29,33,34)/t17-,18?,21?,27?/m0/s1. The molecule has 4 aliphatic rings. The van der Waals surface area contributed by atoms with Crippen LogP contribution in [0.25, 0.3) is 0 Å². The second kappa shape index (κ2) is 9.15. The van der Waals surface area contributed by atoms with Gasteiger partial charge in [0.25, 0.3) is 5.91 Å². The summed E-state index contributed by atoms with van der Waals surface area (Å²) in [6.45, 7) is 12.1. The molecule has 0 aromatic heterocycles. The minimum atomic E-state index is -2.63. The zero-order valence-corrected chi connectivity index (χ0v) is 24.4. The highest BCUT2D eigenvalue weighted by Gasteiger charge is 2.73. The van der Waals surface area contributed by atoms with E-state index < -0.39 is 35.5 Å². The van der Waals surface area contributed by atoms with Gasteiger partial charge in [-0.05, 0) is 34.1 Å². The maximum absolute atomic E-state index is 13.7. The van der Waals surface area contributed by atoms with Crippen molar-refractivity contribution in [3.8, 4) is 0 Å². The Hall–Kier alpha value is -3.71. The highest BCUT2D eigenvalue weighted by atomic mass is 16.5. The maximum atomic E-state index is 13.7. The van der Waals surface area contributed by atoms with E-state index in [1.165, 1.54) is 4.90 Å². The summed E-state index contributed by atoms with van der Waals surface area (Å²) in [6.07, 6.45) is 0.198. The number of benzene rings is 1. The van der Waals surface area contributed by atoms with Crippen LogP contribution in [0, 0.1) is 0 Å². The molecule has 5 rings (SSSR count). The van der Waals surface area contributed by atoms with Crippen LogP contribution in [-0.2, 0) is 20.4 Å². The number of carbonyl (C=O) groups excluding carboxylic acids is 3. The zero-order chi connectivity index (χ0) is 30.3. The van der Waals surface area contributed by atoms with Gasteiger partial charge in [-0.1, -0.05) is 47.6 Å². The fraction of sp³-hybridized carbons (Fsp3) is 0.607. The van der Waals surface area contributed by atoms with Crippen molar-refractivity contribution in [2.24, 2.45) is 21.5 Å². The van der Waals surface area contributed by atoms with Gasteiger partial charge in [0.15, 0.2) is 17.6 Å². The Balaban J connectivity index is 1.47. The molecule has 2 fully saturated rings. The third kappa shape index (κ3) is 4.51. The molecule has 13 heteroatoms. The van der Waals surface area contributed by atoms with E-state index >= 15 is 0 Å². The Kier molecular flexibility index (Phi) is 6.43. The number of carbonyl (C=O) groups is 3. The van der Waals surface area contributed by atoms with E-state index in [1.807, 2.05) is 12.1 Å².